The van der Waals surface area contributed by atoms with E-state index in [9.17, 15) is 4.79 Å². The lowest BCUT2D eigenvalue weighted by molar-refractivity contribution is -0.137. The summed E-state index contributed by atoms with van der Waals surface area (Å²) in [7, 11) is 0. The summed E-state index contributed by atoms with van der Waals surface area (Å²) in [5, 5.41) is 11.9. The van der Waals surface area contributed by atoms with Crippen molar-refractivity contribution in [3.8, 4) is 0 Å². The highest BCUT2D eigenvalue weighted by Gasteiger charge is 2.11. The van der Waals surface area contributed by atoms with E-state index in [0.29, 0.717) is 6.42 Å². The summed E-state index contributed by atoms with van der Waals surface area (Å²) in [6.45, 7) is 4.02. The Balaban J connectivity index is 2.39. The van der Waals surface area contributed by atoms with Crippen molar-refractivity contribution in [1.82, 2.24) is 10.3 Å². The standard InChI is InChI=1S/C12H18N2O2/c1-9(6-7-12(15)16)14-10(2)11-5-3-4-8-13-11/h3-5,8-10,14H,6-7H2,1-2H3,(H,15,16)/t9?,10-/m1/s1. The lowest BCUT2D eigenvalue weighted by Gasteiger charge is -2.18. The van der Waals surface area contributed by atoms with Crippen LogP contribution >= 0.6 is 0 Å². The van der Waals surface area contributed by atoms with Gasteiger partial charge in [0.1, 0.15) is 0 Å². The number of hydrogen-bond acceptors (Lipinski definition) is 3. The van der Waals surface area contributed by atoms with E-state index in [1.165, 1.54) is 0 Å². The molecule has 0 bridgehead atoms. The molecule has 1 aromatic heterocycles. The molecular weight excluding hydrogens is 204 g/mol. The zero-order chi connectivity index (χ0) is 12.0. The van der Waals surface area contributed by atoms with Crippen LogP contribution < -0.4 is 5.32 Å². The van der Waals surface area contributed by atoms with E-state index in [-0.39, 0.29) is 18.5 Å². The number of pyridine rings is 1. The summed E-state index contributed by atoms with van der Waals surface area (Å²) < 4.78 is 0. The Morgan fingerprint density at radius 3 is 2.81 bits per heavy atom. The van der Waals surface area contributed by atoms with Crippen molar-refractivity contribution in [3.63, 3.8) is 0 Å². The van der Waals surface area contributed by atoms with Gasteiger partial charge in [-0.15, -0.1) is 0 Å². The minimum Gasteiger partial charge on any atom is -0.481 e. The van der Waals surface area contributed by atoms with Gasteiger partial charge in [0, 0.05) is 24.7 Å². The van der Waals surface area contributed by atoms with Crippen molar-refractivity contribution >= 4 is 5.97 Å². The van der Waals surface area contributed by atoms with Crippen molar-refractivity contribution in [2.24, 2.45) is 0 Å². The molecule has 0 fully saturated rings. The number of nitrogens with zero attached hydrogens (tertiary/aromatic N) is 1. The molecule has 0 spiro atoms. The number of carboxylic acid groups (broad SMARTS) is 1. The van der Waals surface area contributed by atoms with Crippen molar-refractivity contribution in [2.75, 3.05) is 0 Å². The van der Waals surface area contributed by atoms with E-state index in [0.717, 1.165) is 5.69 Å². The second kappa shape index (κ2) is 6.23. The molecule has 0 radical (unpaired) electrons. The van der Waals surface area contributed by atoms with Crippen LogP contribution in [-0.4, -0.2) is 22.1 Å². The largest absolute Gasteiger partial charge is 0.481 e. The lowest BCUT2D eigenvalue weighted by Crippen LogP contribution is -2.29. The fourth-order valence-electron chi connectivity index (χ4n) is 1.57. The number of aliphatic carboxylic acids is 1. The van der Waals surface area contributed by atoms with Crippen LogP contribution in [0.15, 0.2) is 24.4 Å². The number of carboxylic acids is 1. The van der Waals surface area contributed by atoms with E-state index in [4.69, 9.17) is 5.11 Å². The van der Waals surface area contributed by atoms with Crippen LogP contribution in [-0.2, 0) is 4.79 Å². The van der Waals surface area contributed by atoms with Gasteiger partial charge in [-0.1, -0.05) is 6.07 Å². The van der Waals surface area contributed by atoms with Gasteiger partial charge in [0.2, 0.25) is 0 Å². The molecule has 88 valence electrons. The van der Waals surface area contributed by atoms with Gasteiger partial charge < -0.3 is 10.4 Å². The highest BCUT2D eigenvalue weighted by atomic mass is 16.4. The SMILES string of the molecule is CC(CCC(=O)O)N[C@H](C)c1ccccn1. The molecule has 4 nitrogen and oxygen atoms in total. The minimum absolute atomic E-state index is 0.144. The molecule has 0 aromatic carbocycles. The maximum absolute atomic E-state index is 10.4. The molecule has 1 rings (SSSR count). The van der Waals surface area contributed by atoms with Crippen LogP contribution in [0.4, 0.5) is 0 Å². The van der Waals surface area contributed by atoms with Crippen molar-refractivity contribution in [2.45, 2.75) is 38.8 Å². The summed E-state index contributed by atoms with van der Waals surface area (Å²) in [6, 6.07) is 6.10. The molecule has 0 aliphatic heterocycles. The van der Waals surface area contributed by atoms with Crippen LogP contribution in [0.1, 0.15) is 38.4 Å². The van der Waals surface area contributed by atoms with Crippen LogP contribution in [0.5, 0.6) is 0 Å². The van der Waals surface area contributed by atoms with E-state index in [2.05, 4.69) is 10.3 Å². The fraction of sp³-hybridized carbons (Fsp3) is 0.500. The zero-order valence-electron chi connectivity index (χ0n) is 9.68. The number of hydrogen-bond donors (Lipinski definition) is 2. The second-order valence-electron chi connectivity index (χ2n) is 3.98. The van der Waals surface area contributed by atoms with Crippen LogP contribution in [0, 0.1) is 0 Å². The molecule has 0 saturated heterocycles. The minimum atomic E-state index is -0.751. The van der Waals surface area contributed by atoms with Crippen LogP contribution in [0.25, 0.3) is 0 Å². The van der Waals surface area contributed by atoms with E-state index in [1.54, 1.807) is 6.20 Å². The van der Waals surface area contributed by atoms with Crippen LogP contribution in [0.2, 0.25) is 0 Å². The van der Waals surface area contributed by atoms with E-state index < -0.39 is 5.97 Å². The third-order valence-electron chi connectivity index (χ3n) is 2.46. The van der Waals surface area contributed by atoms with Gasteiger partial charge in [-0.25, -0.2) is 0 Å². The number of rotatable bonds is 6. The third-order valence-corrected chi connectivity index (χ3v) is 2.46. The van der Waals surface area contributed by atoms with E-state index >= 15 is 0 Å². The summed E-state index contributed by atoms with van der Waals surface area (Å²) in [4.78, 5) is 14.7. The van der Waals surface area contributed by atoms with Gasteiger partial charge in [0.25, 0.3) is 0 Å². The van der Waals surface area contributed by atoms with Gasteiger partial charge in [-0.05, 0) is 32.4 Å². The smallest absolute Gasteiger partial charge is 0.303 e. The summed E-state index contributed by atoms with van der Waals surface area (Å²) in [6.07, 6.45) is 2.59. The first-order valence-corrected chi connectivity index (χ1v) is 5.48. The van der Waals surface area contributed by atoms with Crippen molar-refractivity contribution in [1.29, 1.82) is 0 Å². The molecule has 0 amide bonds. The Morgan fingerprint density at radius 1 is 1.50 bits per heavy atom. The molecule has 1 aromatic rings. The molecule has 16 heavy (non-hydrogen) atoms. The zero-order valence-corrected chi connectivity index (χ0v) is 9.68. The third kappa shape index (κ3) is 4.40. The number of nitrogens with one attached hydrogen (secondary N) is 1. The topological polar surface area (TPSA) is 62.2 Å². The second-order valence-corrected chi connectivity index (χ2v) is 3.98. The average Bonchev–Trinajstić information content (AvgIpc) is 2.27. The average molecular weight is 222 g/mol. The summed E-state index contributed by atoms with van der Waals surface area (Å²) >= 11 is 0. The van der Waals surface area contributed by atoms with Gasteiger partial charge in [0.05, 0.1) is 5.69 Å². The molecular formula is C12H18N2O2. The highest BCUT2D eigenvalue weighted by molar-refractivity contribution is 5.66. The Labute approximate surface area is 95.7 Å². The molecule has 4 heteroatoms. The van der Waals surface area contributed by atoms with E-state index in [1.807, 2.05) is 32.0 Å². The summed E-state index contributed by atoms with van der Waals surface area (Å²) in [5.74, 6) is -0.751. The first-order chi connectivity index (χ1) is 7.59. The Hall–Kier alpha value is -1.42. The highest BCUT2D eigenvalue weighted by Crippen LogP contribution is 2.10. The normalized spacial score (nSPS) is 14.4. The Kier molecular flexibility index (Phi) is 4.92. The Morgan fingerprint density at radius 2 is 2.25 bits per heavy atom. The van der Waals surface area contributed by atoms with Crippen molar-refractivity contribution in [3.05, 3.63) is 30.1 Å². The molecule has 0 aliphatic carbocycles. The maximum Gasteiger partial charge on any atom is 0.303 e. The summed E-state index contributed by atoms with van der Waals surface area (Å²) in [5.41, 5.74) is 0.977. The molecule has 2 atom stereocenters. The quantitative estimate of drug-likeness (QED) is 0.772. The predicted molar refractivity (Wildman–Crippen MR) is 62.1 cm³/mol. The van der Waals surface area contributed by atoms with Gasteiger partial charge in [-0.2, -0.15) is 0 Å². The number of carbonyl (C=O) groups is 1. The van der Waals surface area contributed by atoms with Gasteiger partial charge in [0.15, 0.2) is 0 Å². The monoisotopic (exact) mass is 222 g/mol. The van der Waals surface area contributed by atoms with Gasteiger partial charge in [-0.3, -0.25) is 9.78 Å². The van der Waals surface area contributed by atoms with Gasteiger partial charge >= 0.3 is 5.97 Å². The predicted octanol–water partition coefficient (Wildman–Crippen LogP) is 1.99. The first-order valence-electron chi connectivity index (χ1n) is 5.48. The molecule has 1 unspecified atom stereocenters. The van der Waals surface area contributed by atoms with Crippen LogP contribution in [0.3, 0.4) is 0 Å². The molecule has 1 heterocycles. The molecule has 2 N–H and O–H groups in total. The Bertz CT molecular complexity index is 327. The fourth-order valence-corrected chi connectivity index (χ4v) is 1.57. The molecule has 0 aliphatic rings. The van der Waals surface area contributed by atoms with Crippen molar-refractivity contribution < 1.29 is 9.90 Å². The lowest BCUT2D eigenvalue weighted by atomic mass is 10.1. The maximum atomic E-state index is 10.4. The number of aromatic nitrogens is 1. The molecule has 0 saturated carbocycles. The first kappa shape index (κ1) is 12.6.